The van der Waals surface area contributed by atoms with Crippen LogP contribution >= 0.6 is 0 Å². The zero-order valence-electron chi connectivity index (χ0n) is 18.5. The summed E-state index contributed by atoms with van der Waals surface area (Å²) in [5.41, 5.74) is 2.25. The van der Waals surface area contributed by atoms with E-state index in [0.29, 0.717) is 34.4 Å². The van der Waals surface area contributed by atoms with E-state index in [1.165, 1.54) is 47.4 Å². The number of esters is 1. The van der Waals surface area contributed by atoms with Gasteiger partial charge in [-0.15, -0.1) is 0 Å². The minimum Gasteiger partial charge on any atom is -0.452 e. The molecule has 0 spiro atoms. The van der Waals surface area contributed by atoms with Crippen LogP contribution in [0.15, 0.2) is 59.1 Å². The number of fused-ring (bicyclic) bond motifs is 1. The summed E-state index contributed by atoms with van der Waals surface area (Å²) in [4.78, 5) is 31.5. The van der Waals surface area contributed by atoms with Crippen LogP contribution in [0.3, 0.4) is 0 Å². The van der Waals surface area contributed by atoms with Crippen LogP contribution in [0, 0.1) is 18.6 Å². The molecule has 34 heavy (non-hydrogen) atoms. The van der Waals surface area contributed by atoms with Crippen LogP contribution < -0.4 is 0 Å². The Balaban J connectivity index is 1.54. The van der Waals surface area contributed by atoms with Crippen LogP contribution in [0.25, 0.3) is 22.4 Å². The number of nitrogens with zero attached hydrogens (tertiary/aromatic N) is 3. The summed E-state index contributed by atoms with van der Waals surface area (Å²) in [5.74, 6) is -1.98. The zero-order chi connectivity index (χ0) is 24.2. The minimum atomic E-state index is -0.753. The summed E-state index contributed by atoms with van der Waals surface area (Å²) in [5, 5.41) is 4.24. The van der Waals surface area contributed by atoms with Crippen molar-refractivity contribution in [1.29, 1.82) is 0 Å². The molecule has 1 amide bonds. The first-order valence-corrected chi connectivity index (χ1v) is 10.6. The van der Waals surface area contributed by atoms with Crippen LogP contribution in [-0.2, 0) is 16.1 Å². The third kappa shape index (κ3) is 4.93. The van der Waals surface area contributed by atoms with Crippen LogP contribution in [0.1, 0.15) is 28.5 Å². The molecular formula is C25H21F2N3O4. The van der Waals surface area contributed by atoms with Crippen molar-refractivity contribution in [2.45, 2.75) is 20.4 Å². The fraction of sp³-hybridized carbons (Fsp3) is 0.200. The minimum absolute atomic E-state index is 0.124. The van der Waals surface area contributed by atoms with Gasteiger partial charge in [-0.2, -0.15) is 0 Å². The third-order valence-corrected chi connectivity index (χ3v) is 5.30. The van der Waals surface area contributed by atoms with Crippen LogP contribution in [0.2, 0.25) is 0 Å². The molecule has 4 rings (SSSR count). The van der Waals surface area contributed by atoms with Crippen LogP contribution in [0.5, 0.6) is 0 Å². The molecule has 2 heterocycles. The molecule has 2 aromatic heterocycles. The molecule has 0 aliphatic carbocycles. The maximum absolute atomic E-state index is 13.5. The Hall–Kier alpha value is -4.14. The highest BCUT2D eigenvalue weighted by molar-refractivity contribution is 6.04. The van der Waals surface area contributed by atoms with E-state index < -0.39 is 30.1 Å². The summed E-state index contributed by atoms with van der Waals surface area (Å²) in [6.45, 7) is 3.48. The SMILES string of the molecule is CCN(Cc1cccc(F)c1)C(=O)COC(=O)c1cc(-c2ccc(F)cc2)nc2onc(C)c12. The molecular weight excluding hydrogens is 444 g/mol. The number of aryl methyl sites for hydroxylation is 1. The van der Waals surface area contributed by atoms with Crippen molar-refractivity contribution < 1.29 is 27.6 Å². The Labute approximate surface area is 193 Å². The van der Waals surface area contributed by atoms with Gasteiger partial charge in [0.25, 0.3) is 11.6 Å². The number of carbonyl (C=O) groups is 2. The van der Waals surface area contributed by atoms with E-state index in [2.05, 4.69) is 10.1 Å². The summed E-state index contributed by atoms with van der Waals surface area (Å²) in [6, 6.07) is 13.1. The highest BCUT2D eigenvalue weighted by Crippen LogP contribution is 2.27. The molecule has 2 aromatic carbocycles. The lowest BCUT2D eigenvalue weighted by molar-refractivity contribution is -0.134. The topological polar surface area (TPSA) is 85.5 Å². The molecule has 0 saturated carbocycles. The predicted octanol–water partition coefficient (Wildman–Crippen LogP) is 4.68. The Morgan fingerprint density at radius 2 is 1.82 bits per heavy atom. The van der Waals surface area contributed by atoms with Crippen molar-refractivity contribution in [2.75, 3.05) is 13.2 Å². The maximum Gasteiger partial charge on any atom is 0.339 e. The zero-order valence-corrected chi connectivity index (χ0v) is 18.5. The van der Waals surface area contributed by atoms with E-state index in [-0.39, 0.29) is 17.8 Å². The molecule has 0 aliphatic heterocycles. The lowest BCUT2D eigenvalue weighted by Gasteiger charge is -2.21. The quantitative estimate of drug-likeness (QED) is 0.369. The highest BCUT2D eigenvalue weighted by Gasteiger charge is 2.22. The van der Waals surface area contributed by atoms with E-state index in [9.17, 15) is 18.4 Å². The van der Waals surface area contributed by atoms with Gasteiger partial charge in [0.15, 0.2) is 6.61 Å². The molecule has 0 fully saturated rings. The molecule has 7 nitrogen and oxygen atoms in total. The fourth-order valence-electron chi connectivity index (χ4n) is 3.55. The Morgan fingerprint density at radius 3 is 2.53 bits per heavy atom. The van der Waals surface area contributed by atoms with E-state index in [1.807, 2.05) is 0 Å². The second kappa shape index (κ2) is 9.78. The Morgan fingerprint density at radius 1 is 1.06 bits per heavy atom. The summed E-state index contributed by atoms with van der Waals surface area (Å²) < 4.78 is 37.3. The van der Waals surface area contributed by atoms with Crippen LogP contribution in [0.4, 0.5) is 8.78 Å². The Kier molecular flexibility index (Phi) is 6.62. The summed E-state index contributed by atoms with van der Waals surface area (Å²) in [7, 11) is 0. The second-order valence-electron chi connectivity index (χ2n) is 7.62. The van der Waals surface area contributed by atoms with Gasteiger partial charge in [0.1, 0.15) is 11.6 Å². The highest BCUT2D eigenvalue weighted by atomic mass is 19.1. The number of halogens is 2. The van der Waals surface area contributed by atoms with Crippen molar-refractivity contribution in [1.82, 2.24) is 15.0 Å². The van der Waals surface area contributed by atoms with Crippen molar-refractivity contribution in [3.63, 3.8) is 0 Å². The number of hydrogen-bond acceptors (Lipinski definition) is 6. The molecule has 0 N–H and O–H groups in total. The fourth-order valence-corrected chi connectivity index (χ4v) is 3.55. The maximum atomic E-state index is 13.5. The average Bonchev–Trinajstić information content (AvgIpc) is 3.21. The summed E-state index contributed by atoms with van der Waals surface area (Å²) >= 11 is 0. The van der Waals surface area contributed by atoms with Gasteiger partial charge in [0.05, 0.1) is 22.3 Å². The smallest absolute Gasteiger partial charge is 0.339 e. The van der Waals surface area contributed by atoms with Gasteiger partial charge in [0.2, 0.25) is 0 Å². The van der Waals surface area contributed by atoms with Gasteiger partial charge in [-0.3, -0.25) is 4.79 Å². The number of pyridine rings is 1. The first-order valence-electron chi connectivity index (χ1n) is 10.6. The van der Waals surface area contributed by atoms with Crippen molar-refractivity contribution in [3.05, 3.63) is 83.1 Å². The predicted molar refractivity (Wildman–Crippen MR) is 120 cm³/mol. The molecule has 174 valence electrons. The van der Waals surface area contributed by atoms with Crippen molar-refractivity contribution >= 4 is 23.0 Å². The lowest BCUT2D eigenvalue weighted by Crippen LogP contribution is -2.34. The number of carbonyl (C=O) groups excluding carboxylic acids is 2. The second-order valence-corrected chi connectivity index (χ2v) is 7.62. The molecule has 0 radical (unpaired) electrons. The average molecular weight is 465 g/mol. The standard InChI is InChI=1S/C25H21F2N3O4/c1-3-30(13-16-5-4-6-19(27)11-16)22(31)14-33-25(32)20-12-21(17-7-9-18(26)10-8-17)28-24-23(20)15(2)29-34-24/h4-12H,3,13-14H2,1-2H3. The number of rotatable bonds is 7. The molecule has 0 bridgehead atoms. The van der Waals surface area contributed by atoms with Gasteiger partial charge in [-0.1, -0.05) is 17.3 Å². The van der Waals surface area contributed by atoms with Crippen molar-refractivity contribution in [3.8, 4) is 11.3 Å². The third-order valence-electron chi connectivity index (χ3n) is 5.30. The number of amides is 1. The first kappa shape index (κ1) is 23.0. The molecule has 0 unspecified atom stereocenters. The monoisotopic (exact) mass is 465 g/mol. The first-order chi connectivity index (χ1) is 16.4. The molecule has 4 aromatic rings. The van der Waals surface area contributed by atoms with Gasteiger partial charge >= 0.3 is 5.97 Å². The van der Waals surface area contributed by atoms with E-state index in [4.69, 9.17) is 9.26 Å². The molecule has 0 aliphatic rings. The largest absolute Gasteiger partial charge is 0.452 e. The molecule has 0 saturated heterocycles. The number of likely N-dealkylation sites (N-methyl/N-ethyl adjacent to an activating group) is 1. The number of ether oxygens (including phenoxy) is 1. The molecule has 9 heteroatoms. The lowest BCUT2D eigenvalue weighted by atomic mass is 10.1. The number of aromatic nitrogens is 2. The van der Waals surface area contributed by atoms with E-state index in [0.717, 1.165) is 0 Å². The molecule has 0 atom stereocenters. The van der Waals surface area contributed by atoms with Gasteiger partial charge in [-0.05, 0) is 61.9 Å². The van der Waals surface area contributed by atoms with E-state index >= 15 is 0 Å². The number of hydrogen-bond donors (Lipinski definition) is 0. The number of benzene rings is 2. The van der Waals surface area contributed by atoms with Crippen molar-refractivity contribution in [2.24, 2.45) is 0 Å². The normalized spacial score (nSPS) is 10.9. The Bertz CT molecular complexity index is 1350. The van der Waals surface area contributed by atoms with Crippen LogP contribution in [-0.4, -0.2) is 40.1 Å². The van der Waals surface area contributed by atoms with E-state index in [1.54, 1.807) is 26.0 Å². The van der Waals surface area contributed by atoms with Gasteiger partial charge in [0, 0.05) is 18.7 Å². The van der Waals surface area contributed by atoms with Gasteiger partial charge < -0.3 is 14.2 Å². The summed E-state index contributed by atoms with van der Waals surface area (Å²) in [6.07, 6.45) is 0. The van der Waals surface area contributed by atoms with Gasteiger partial charge in [-0.25, -0.2) is 18.6 Å².